The van der Waals surface area contributed by atoms with Crippen LogP contribution in [0.3, 0.4) is 0 Å². The van der Waals surface area contributed by atoms with E-state index in [4.69, 9.17) is 0 Å². The molecule has 0 atom stereocenters. The first-order valence-electron chi connectivity index (χ1n) is 7.48. The van der Waals surface area contributed by atoms with Gasteiger partial charge in [-0.1, -0.05) is 29.5 Å². The Hall–Kier alpha value is -2.21. The number of carbonyl (C=O) groups excluding carboxylic acids is 1. The molecule has 112 valence electrons. The second-order valence-corrected chi connectivity index (χ2v) is 6.64. The van der Waals surface area contributed by atoms with Crippen LogP contribution in [0.15, 0.2) is 30.5 Å². The number of benzene rings is 1. The van der Waals surface area contributed by atoms with Crippen LogP contribution in [0.5, 0.6) is 0 Å². The highest BCUT2D eigenvalue weighted by atomic mass is 32.1. The monoisotopic (exact) mass is 312 g/mol. The van der Waals surface area contributed by atoms with Gasteiger partial charge in [-0.25, -0.2) is 0 Å². The summed E-state index contributed by atoms with van der Waals surface area (Å²) in [7, 11) is 0. The molecule has 6 heteroatoms. The molecule has 0 aliphatic heterocycles. The number of nitrogens with zero attached hydrogens (tertiary/aromatic N) is 2. The topological polar surface area (TPSA) is 70.7 Å². The quantitative estimate of drug-likeness (QED) is 0.758. The van der Waals surface area contributed by atoms with Crippen LogP contribution < -0.4 is 5.32 Å². The van der Waals surface area contributed by atoms with Crippen LogP contribution in [-0.2, 0) is 11.2 Å². The smallest absolute Gasteiger partial charge is 0.226 e. The van der Waals surface area contributed by atoms with Crippen molar-refractivity contribution in [2.75, 3.05) is 5.32 Å². The van der Waals surface area contributed by atoms with Crippen molar-refractivity contribution in [2.24, 2.45) is 0 Å². The Morgan fingerprint density at radius 1 is 1.32 bits per heavy atom. The van der Waals surface area contributed by atoms with Gasteiger partial charge in [0.15, 0.2) is 0 Å². The minimum Gasteiger partial charge on any atom is -0.361 e. The van der Waals surface area contributed by atoms with Crippen molar-refractivity contribution < 1.29 is 4.79 Å². The van der Waals surface area contributed by atoms with Crippen LogP contribution >= 0.6 is 11.3 Å². The fourth-order valence-corrected chi connectivity index (χ4v) is 3.48. The number of carbonyl (C=O) groups is 1. The van der Waals surface area contributed by atoms with E-state index in [1.807, 2.05) is 24.4 Å². The lowest BCUT2D eigenvalue weighted by atomic mass is 10.1. The van der Waals surface area contributed by atoms with Gasteiger partial charge in [0.1, 0.15) is 5.01 Å². The van der Waals surface area contributed by atoms with Crippen molar-refractivity contribution in [1.82, 2.24) is 15.2 Å². The molecule has 0 unspecified atom stereocenters. The Kier molecular flexibility index (Phi) is 3.38. The van der Waals surface area contributed by atoms with Gasteiger partial charge in [0.25, 0.3) is 0 Å². The van der Waals surface area contributed by atoms with Gasteiger partial charge in [0, 0.05) is 29.4 Å². The van der Waals surface area contributed by atoms with Gasteiger partial charge in [-0.2, -0.15) is 0 Å². The number of H-pyrrole nitrogens is 1. The number of aryl methyl sites for hydroxylation is 1. The van der Waals surface area contributed by atoms with Crippen molar-refractivity contribution in [3.63, 3.8) is 0 Å². The molecule has 0 spiro atoms. The molecule has 2 aromatic heterocycles. The summed E-state index contributed by atoms with van der Waals surface area (Å²) in [5, 5.41) is 13.9. The third-order valence-electron chi connectivity index (χ3n) is 3.91. The van der Waals surface area contributed by atoms with E-state index in [1.54, 1.807) is 0 Å². The lowest BCUT2D eigenvalue weighted by Gasteiger charge is -2.00. The number of hydrogen-bond acceptors (Lipinski definition) is 4. The summed E-state index contributed by atoms with van der Waals surface area (Å²) in [6.45, 7) is 0. The maximum atomic E-state index is 12.1. The maximum absolute atomic E-state index is 12.1. The van der Waals surface area contributed by atoms with E-state index in [1.165, 1.54) is 35.1 Å². The van der Waals surface area contributed by atoms with E-state index in [0.29, 0.717) is 23.9 Å². The predicted octanol–water partition coefficient (Wildman–Crippen LogP) is 3.47. The molecule has 0 radical (unpaired) electrons. The van der Waals surface area contributed by atoms with E-state index in [2.05, 4.69) is 26.6 Å². The maximum Gasteiger partial charge on any atom is 0.226 e. The summed E-state index contributed by atoms with van der Waals surface area (Å²) >= 11 is 1.50. The molecule has 0 bridgehead atoms. The van der Waals surface area contributed by atoms with E-state index in [0.717, 1.165) is 10.5 Å². The van der Waals surface area contributed by atoms with E-state index in [-0.39, 0.29) is 5.91 Å². The van der Waals surface area contributed by atoms with Crippen LogP contribution in [0.4, 0.5) is 5.13 Å². The summed E-state index contributed by atoms with van der Waals surface area (Å²) in [6, 6.07) is 8.13. The molecule has 1 aromatic carbocycles. The predicted molar refractivity (Wildman–Crippen MR) is 87.1 cm³/mol. The Bertz CT molecular complexity index is 818. The van der Waals surface area contributed by atoms with Gasteiger partial charge in [-0.3, -0.25) is 4.79 Å². The zero-order valence-corrected chi connectivity index (χ0v) is 12.8. The molecule has 1 saturated carbocycles. The summed E-state index contributed by atoms with van der Waals surface area (Å²) in [5.74, 6) is 0.568. The molecule has 22 heavy (non-hydrogen) atoms. The molecule has 2 N–H and O–H groups in total. The molecule has 1 aliphatic carbocycles. The molecule has 1 amide bonds. The third kappa shape index (κ3) is 2.74. The minimum atomic E-state index is -0.0104. The molecule has 2 heterocycles. The molecular formula is C16H16N4OS. The molecule has 3 aromatic rings. The van der Waals surface area contributed by atoms with Gasteiger partial charge >= 0.3 is 0 Å². The fourth-order valence-electron chi connectivity index (χ4n) is 2.55. The first kappa shape index (κ1) is 13.5. The normalized spacial score (nSPS) is 14.4. The Morgan fingerprint density at radius 2 is 2.18 bits per heavy atom. The number of aromatic nitrogens is 3. The molecule has 0 saturated heterocycles. The standard InChI is InChI=1S/C16H16N4OS/c21-14(18-16-20-19-15(22-16)10-5-6-10)8-7-11-9-17-13-4-2-1-3-12(11)13/h1-4,9-10,17H,5-8H2,(H,18,20,21). The van der Waals surface area contributed by atoms with Crippen LogP contribution in [0.2, 0.25) is 0 Å². The number of rotatable bonds is 5. The highest BCUT2D eigenvalue weighted by Gasteiger charge is 2.27. The van der Waals surface area contributed by atoms with Crippen molar-refractivity contribution in [3.8, 4) is 0 Å². The van der Waals surface area contributed by atoms with Crippen LogP contribution in [0, 0.1) is 0 Å². The van der Waals surface area contributed by atoms with E-state index < -0.39 is 0 Å². The van der Waals surface area contributed by atoms with Crippen molar-refractivity contribution >= 4 is 33.3 Å². The third-order valence-corrected chi connectivity index (χ3v) is 4.91. The van der Waals surface area contributed by atoms with Crippen LogP contribution in [-0.4, -0.2) is 21.1 Å². The molecule has 4 rings (SSSR count). The van der Waals surface area contributed by atoms with Crippen molar-refractivity contribution in [2.45, 2.75) is 31.6 Å². The minimum absolute atomic E-state index is 0.0104. The summed E-state index contributed by atoms with van der Waals surface area (Å²) < 4.78 is 0. The number of anilines is 1. The second kappa shape index (κ2) is 5.53. The largest absolute Gasteiger partial charge is 0.361 e. The Morgan fingerprint density at radius 3 is 3.05 bits per heavy atom. The lowest BCUT2D eigenvalue weighted by molar-refractivity contribution is -0.116. The molecule has 1 aliphatic rings. The second-order valence-electron chi connectivity index (χ2n) is 5.63. The van der Waals surface area contributed by atoms with Gasteiger partial charge < -0.3 is 10.3 Å². The van der Waals surface area contributed by atoms with E-state index in [9.17, 15) is 4.79 Å². The molecule has 5 nitrogen and oxygen atoms in total. The van der Waals surface area contributed by atoms with Gasteiger partial charge in [-0.05, 0) is 30.9 Å². The van der Waals surface area contributed by atoms with Crippen LogP contribution in [0.25, 0.3) is 10.9 Å². The number of nitrogens with one attached hydrogen (secondary N) is 2. The number of fused-ring (bicyclic) bond motifs is 1. The average Bonchev–Trinajstić information content (AvgIpc) is 3.14. The van der Waals surface area contributed by atoms with Gasteiger partial charge in [0.05, 0.1) is 0 Å². The Balaban J connectivity index is 1.37. The first-order valence-corrected chi connectivity index (χ1v) is 8.29. The first-order chi connectivity index (χ1) is 10.8. The zero-order valence-electron chi connectivity index (χ0n) is 12.0. The zero-order chi connectivity index (χ0) is 14.9. The van der Waals surface area contributed by atoms with Gasteiger partial charge in [-0.15, -0.1) is 10.2 Å². The highest BCUT2D eigenvalue weighted by molar-refractivity contribution is 7.15. The average molecular weight is 312 g/mol. The summed E-state index contributed by atoms with van der Waals surface area (Å²) in [6.07, 6.45) is 5.53. The van der Waals surface area contributed by atoms with E-state index >= 15 is 0 Å². The number of para-hydroxylation sites is 1. The summed E-state index contributed by atoms with van der Waals surface area (Å²) in [4.78, 5) is 15.3. The SMILES string of the molecule is O=C(CCc1c[nH]c2ccccc12)Nc1nnc(C2CC2)s1. The lowest BCUT2D eigenvalue weighted by Crippen LogP contribution is -2.12. The Labute approximate surface area is 131 Å². The molecule has 1 fully saturated rings. The van der Waals surface area contributed by atoms with Crippen molar-refractivity contribution in [1.29, 1.82) is 0 Å². The van der Waals surface area contributed by atoms with Crippen LogP contribution in [0.1, 0.15) is 35.8 Å². The highest BCUT2D eigenvalue weighted by Crippen LogP contribution is 2.42. The summed E-state index contributed by atoms with van der Waals surface area (Å²) in [5.41, 5.74) is 2.28. The fraction of sp³-hybridized carbons (Fsp3) is 0.312. The number of hydrogen-bond donors (Lipinski definition) is 2. The van der Waals surface area contributed by atoms with Crippen molar-refractivity contribution in [3.05, 3.63) is 41.0 Å². The molecular weight excluding hydrogens is 296 g/mol. The number of aromatic amines is 1. The van der Waals surface area contributed by atoms with Gasteiger partial charge in [0.2, 0.25) is 11.0 Å². The number of amides is 1.